The lowest BCUT2D eigenvalue weighted by Gasteiger charge is -2.32. The first-order chi connectivity index (χ1) is 15.6. The third-order valence-electron chi connectivity index (χ3n) is 4.51. The molecule has 1 aliphatic rings. The fourth-order valence-corrected chi connectivity index (χ4v) is 4.23. The van der Waals surface area contributed by atoms with Gasteiger partial charge in [-0.3, -0.25) is 14.8 Å². The Labute approximate surface area is 202 Å². The highest BCUT2D eigenvalue weighted by molar-refractivity contribution is 7.93. The van der Waals surface area contributed by atoms with Gasteiger partial charge in [0.25, 0.3) is 15.9 Å². The summed E-state index contributed by atoms with van der Waals surface area (Å²) in [5.74, 6) is -1.83. The second-order valence-electron chi connectivity index (χ2n) is 6.93. The Morgan fingerprint density at radius 1 is 1.24 bits per heavy atom. The molecule has 1 fully saturated rings. The van der Waals surface area contributed by atoms with Crippen LogP contribution in [0.15, 0.2) is 108 Å². The maximum atomic E-state index is 13.4. The Kier molecular flexibility index (Phi) is 10.1. The molecule has 184 valence electrons. The minimum Gasteiger partial charge on any atom is -0.329 e. The molecule has 0 unspecified atom stereocenters. The Hall–Kier alpha value is -3.08. The molecule has 1 aliphatic heterocycles. The van der Waals surface area contributed by atoms with Crippen molar-refractivity contribution in [3.63, 3.8) is 0 Å². The van der Waals surface area contributed by atoms with Crippen LogP contribution in [0.5, 0.6) is 0 Å². The van der Waals surface area contributed by atoms with Crippen molar-refractivity contribution in [2.24, 2.45) is 5.73 Å². The van der Waals surface area contributed by atoms with E-state index in [4.69, 9.17) is 17.3 Å². The van der Waals surface area contributed by atoms with Crippen LogP contribution < -0.4 is 11.1 Å². The van der Waals surface area contributed by atoms with Crippen LogP contribution in [0.2, 0.25) is 0 Å². The smallest absolute Gasteiger partial charge is 0.327 e. The molecular weight excluding hydrogens is 491 g/mol. The molecule has 0 atom stereocenters. The summed E-state index contributed by atoms with van der Waals surface area (Å²) in [6.45, 7) is 16.9. The molecule has 1 saturated heterocycles. The molecule has 0 radical (unpaired) electrons. The number of sulfonamides is 1. The Balaban J connectivity index is 3.04. The Morgan fingerprint density at radius 3 is 2.38 bits per heavy atom. The van der Waals surface area contributed by atoms with E-state index >= 15 is 0 Å². The normalized spacial score (nSPS) is 17.1. The molecule has 34 heavy (non-hydrogen) atoms. The number of alkyl halides is 2. The summed E-state index contributed by atoms with van der Waals surface area (Å²) < 4.78 is 66.2. The molecule has 1 rings (SSSR count). The molecule has 0 saturated carbocycles. The highest BCUT2D eigenvalue weighted by atomic mass is 35.5. The van der Waals surface area contributed by atoms with Crippen molar-refractivity contribution >= 4 is 27.5 Å². The maximum Gasteiger partial charge on any atom is 0.327 e. The SMILES string of the molecule is C=C/C(Cl)=C(\C(=C)C(N)(F)F)C(=O)N/C=C/C=C1/CCCN(S(=O)(=O)C(=C)/C=C\C(=C)F)C1=C. The number of nitrogens with one attached hydrogen (secondary N) is 1. The van der Waals surface area contributed by atoms with E-state index in [1.54, 1.807) is 0 Å². The van der Waals surface area contributed by atoms with E-state index < -0.39 is 39.0 Å². The number of halogens is 4. The van der Waals surface area contributed by atoms with Gasteiger partial charge in [-0.05, 0) is 42.7 Å². The fourth-order valence-electron chi connectivity index (χ4n) is 2.73. The third-order valence-corrected chi connectivity index (χ3v) is 6.63. The Morgan fingerprint density at radius 2 is 1.85 bits per heavy atom. The molecule has 6 nitrogen and oxygen atoms in total. The molecule has 0 aromatic rings. The molecular formula is C23H25ClF3N3O3S. The first-order valence-corrected chi connectivity index (χ1v) is 11.4. The molecule has 0 aliphatic carbocycles. The second-order valence-corrected chi connectivity index (χ2v) is 9.25. The van der Waals surface area contributed by atoms with Crippen molar-refractivity contribution in [2.75, 3.05) is 6.54 Å². The number of amides is 1. The zero-order chi connectivity index (χ0) is 26.3. The summed E-state index contributed by atoms with van der Waals surface area (Å²) in [4.78, 5) is 12.0. The van der Waals surface area contributed by atoms with E-state index in [9.17, 15) is 26.4 Å². The minimum atomic E-state index is -4.04. The van der Waals surface area contributed by atoms with Crippen LogP contribution in [0.1, 0.15) is 12.8 Å². The van der Waals surface area contributed by atoms with E-state index in [-0.39, 0.29) is 22.2 Å². The number of piperidine rings is 1. The Bertz CT molecular complexity index is 1140. The predicted molar refractivity (Wildman–Crippen MR) is 129 cm³/mol. The van der Waals surface area contributed by atoms with E-state index in [1.165, 1.54) is 12.2 Å². The van der Waals surface area contributed by atoms with Crippen LogP contribution in [0.3, 0.4) is 0 Å². The first-order valence-electron chi connectivity index (χ1n) is 9.63. The lowest BCUT2D eigenvalue weighted by molar-refractivity contribution is -0.116. The number of hydrogen-bond acceptors (Lipinski definition) is 4. The minimum absolute atomic E-state index is 0.145. The van der Waals surface area contributed by atoms with Crippen molar-refractivity contribution in [3.8, 4) is 0 Å². The summed E-state index contributed by atoms with van der Waals surface area (Å²) >= 11 is 5.81. The monoisotopic (exact) mass is 515 g/mol. The number of nitrogens with zero attached hydrogens (tertiary/aromatic N) is 1. The van der Waals surface area contributed by atoms with Crippen LogP contribution in [-0.4, -0.2) is 31.2 Å². The van der Waals surface area contributed by atoms with E-state index in [0.29, 0.717) is 18.4 Å². The molecule has 0 bridgehead atoms. The van der Waals surface area contributed by atoms with Crippen molar-refractivity contribution in [1.82, 2.24) is 9.62 Å². The maximum absolute atomic E-state index is 13.4. The van der Waals surface area contributed by atoms with Gasteiger partial charge in [0.2, 0.25) is 0 Å². The van der Waals surface area contributed by atoms with Crippen molar-refractivity contribution in [1.29, 1.82) is 0 Å². The molecule has 0 spiro atoms. The van der Waals surface area contributed by atoms with Gasteiger partial charge in [-0.2, -0.15) is 8.78 Å². The molecule has 3 N–H and O–H groups in total. The quantitative estimate of drug-likeness (QED) is 0.248. The predicted octanol–water partition coefficient (Wildman–Crippen LogP) is 4.82. The molecule has 0 aromatic carbocycles. The van der Waals surface area contributed by atoms with Crippen LogP contribution in [0.25, 0.3) is 0 Å². The zero-order valence-corrected chi connectivity index (χ0v) is 19.9. The largest absolute Gasteiger partial charge is 0.329 e. The van der Waals surface area contributed by atoms with Crippen LogP contribution in [0, 0.1) is 0 Å². The topological polar surface area (TPSA) is 92.5 Å². The number of rotatable bonds is 10. The number of carbonyl (C=O) groups is 1. The molecule has 1 amide bonds. The van der Waals surface area contributed by atoms with Crippen LogP contribution >= 0.6 is 11.6 Å². The summed E-state index contributed by atoms with van der Waals surface area (Å²) in [7, 11) is -4.04. The van der Waals surface area contributed by atoms with Crippen molar-refractivity contribution < 1.29 is 26.4 Å². The van der Waals surface area contributed by atoms with Crippen molar-refractivity contribution in [3.05, 3.63) is 108 Å². The lowest BCUT2D eigenvalue weighted by atomic mass is 10.0. The average Bonchev–Trinajstić information content (AvgIpc) is 2.74. The standard InChI is InChI=1S/C23H25ClF3N3O3S/c1-6-20(24)21(17(4)23(26,27)28)22(31)29-13-7-9-19-10-8-14-30(18(19)5)34(32,33)16(3)12-11-15(2)25/h6-7,9,11-13H,1-5,8,10,14,28H2,(H,29,31)/b12-11-,13-7+,19-9-,21-20-. The van der Waals surface area contributed by atoms with E-state index in [1.807, 2.05) is 0 Å². The average molecular weight is 516 g/mol. The highest BCUT2D eigenvalue weighted by Gasteiger charge is 2.33. The van der Waals surface area contributed by atoms with Gasteiger partial charge in [0, 0.05) is 24.0 Å². The van der Waals surface area contributed by atoms with Gasteiger partial charge in [-0.15, -0.1) is 0 Å². The van der Waals surface area contributed by atoms with Gasteiger partial charge < -0.3 is 5.32 Å². The van der Waals surface area contributed by atoms with Gasteiger partial charge in [0.05, 0.1) is 15.5 Å². The van der Waals surface area contributed by atoms with Gasteiger partial charge >= 0.3 is 6.05 Å². The van der Waals surface area contributed by atoms with Gasteiger partial charge in [-0.25, -0.2) is 12.8 Å². The van der Waals surface area contributed by atoms with Crippen LogP contribution in [0.4, 0.5) is 13.2 Å². The van der Waals surface area contributed by atoms with E-state index in [0.717, 1.165) is 28.7 Å². The summed E-state index contributed by atoms with van der Waals surface area (Å²) in [5.41, 5.74) is 3.79. The summed E-state index contributed by atoms with van der Waals surface area (Å²) in [6, 6.07) is -3.88. The summed E-state index contributed by atoms with van der Waals surface area (Å²) in [6.07, 6.45) is 7.81. The first kappa shape index (κ1) is 29.0. The van der Waals surface area contributed by atoms with Crippen molar-refractivity contribution in [2.45, 2.75) is 18.9 Å². The molecule has 11 heteroatoms. The third kappa shape index (κ3) is 7.47. The lowest BCUT2D eigenvalue weighted by Crippen LogP contribution is -2.35. The number of carbonyl (C=O) groups excluding carboxylic acids is 1. The zero-order valence-electron chi connectivity index (χ0n) is 18.3. The van der Waals surface area contributed by atoms with E-state index in [2.05, 4.69) is 38.2 Å². The number of hydrogen-bond donors (Lipinski definition) is 2. The van der Waals surface area contributed by atoms with Gasteiger partial charge in [0.1, 0.15) is 5.83 Å². The second kappa shape index (κ2) is 11.9. The van der Waals surface area contributed by atoms with Gasteiger partial charge in [-0.1, -0.05) is 50.6 Å². The number of nitrogens with two attached hydrogens (primary N) is 1. The fraction of sp³-hybridized carbons (Fsp3) is 0.174. The number of allylic oxidation sites excluding steroid dienone is 8. The molecule has 0 aromatic heterocycles. The molecule has 1 heterocycles. The highest BCUT2D eigenvalue weighted by Crippen LogP contribution is 2.31. The summed E-state index contributed by atoms with van der Waals surface area (Å²) in [5, 5.41) is 1.89. The van der Waals surface area contributed by atoms with Gasteiger partial charge in [0.15, 0.2) is 0 Å². The van der Waals surface area contributed by atoms with Crippen LogP contribution in [-0.2, 0) is 14.8 Å².